The number of hydrogen-bond donors (Lipinski definition) is 0. The first-order valence-electron chi connectivity index (χ1n) is 10.1. The number of carbonyl (C=O) groups excluding carboxylic acids is 2. The van der Waals surface area contributed by atoms with Gasteiger partial charge in [-0.3, -0.25) is 4.79 Å². The first kappa shape index (κ1) is 21.1. The lowest BCUT2D eigenvalue weighted by atomic mass is 10.1. The third kappa shape index (κ3) is 4.30. The molecule has 0 N–H and O–H groups in total. The molecule has 0 bridgehead atoms. The van der Waals surface area contributed by atoms with E-state index in [2.05, 4.69) is 0 Å². The van der Waals surface area contributed by atoms with Crippen LogP contribution in [0, 0.1) is 6.92 Å². The monoisotopic (exact) mass is 427 g/mol. The Hall–Kier alpha value is -4.19. The summed E-state index contributed by atoms with van der Waals surface area (Å²) in [7, 11) is 1.65. The van der Waals surface area contributed by atoms with Gasteiger partial charge in [-0.2, -0.15) is 0 Å². The number of carbonyl (C=O) groups is 2. The van der Waals surface area contributed by atoms with Crippen molar-refractivity contribution >= 4 is 28.5 Å². The molecule has 32 heavy (non-hydrogen) atoms. The Labute approximate surface area is 184 Å². The van der Waals surface area contributed by atoms with Crippen molar-refractivity contribution in [2.75, 3.05) is 11.9 Å². The third-order valence-corrected chi connectivity index (χ3v) is 5.17. The molecule has 4 rings (SSSR count). The number of benzene rings is 3. The predicted octanol–water partition coefficient (Wildman–Crippen LogP) is 4.74. The van der Waals surface area contributed by atoms with Crippen LogP contribution in [-0.4, -0.2) is 18.9 Å². The summed E-state index contributed by atoms with van der Waals surface area (Å²) in [6.07, 6.45) is 0. The Balaban J connectivity index is 1.59. The lowest BCUT2D eigenvalue weighted by Gasteiger charge is -2.19. The molecule has 6 heteroatoms. The van der Waals surface area contributed by atoms with E-state index < -0.39 is 11.6 Å². The van der Waals surface area contributed by atoms with Crippen molar-refractivity contribution < 1.29 is 18.7 Å². The number of esters is 1. The van der Waals surface area contributed by atoms with Gasteiger partial charge in [0.25, 0.3) is 5.91 Å². The number of anilines is 1. The lowest BCUT2D eigenvalue weighted by molar-refractivity contribution is 0.0471. The number of rotatable bonds is 5. The fourth-order valence-electron chi connectivity index (χ4n) is 3.47. The number of aryl methyl sites for hydroxylation is 1. The standard InChI is InChI=1S/C26H21NO5/c1-17-12-13-20-18(15-24(28)32-23(20)14-17)16-31-26(30)22-11-7-6-10-21(22)25(29)27(2)19-8-4-3-5-9-19/h3-15H,16H2,1-2H3. The van der Waals surface area contributed by atoms with E-state index in [9.17, 15) is 14.4 Å². The van der Waals surface area contributed by atoms with Crippen LogP contribution in [0.2, 0.25) is 0 Å². The molecule has 0 saturated carbocycles. The second kappa shape index (κ2) is 8.89. The van der Waals surface area contributed by atoms with Gasteiger partial charge in [0.05, 0.1) is 11.1 Å². The Morgan fingerprint density at radius 2 is 1.59 bits per heavy atom. The molecule has 1 heterocycles. The van der Waals surface area contributed by atoms with Crippen LogP contribution in [0.25, 0.3) is 11.0 Å². The summed E-state index contributed by atoms with van der Waals surface area (Å²) in [6.45, 7) is 1.77. The van der Waals surface area contributed by atoms with Crippen molar-refractivity contribution in [3.63, 3.8) is 0 Å². The summed E-state index contributed by atoms with van der Waals surface area (Å²) in [6, 6.07) is 22.4. The van der Waals surface area contributed by atoms with E-state index in [1.54, 1.807) is 37.4 Å². The van der Waals surface area contributed by atoms with Crippen LogP contribution < -0.4 is 10.5 Å². The highest BCUT2D eigenvalue weighted by Crippen LogP contribution is 2.21. The Kier molecular flexibility index (Phi) is 5.85. The van der Waals surface area contributed by atoms with Crippen LogP contribution >= 0.6 is 0 Å². The largest absolute Gasteiger partial charge is 0.457 e. The molecule has 0 fully saturated rings. The first-order valence-corrected chi connectivity index (χ1v) is 10.1. The molecule has 0 atom stereocenters. The molecular formula is C26H21NO5. The molecule has 1 aromatic heterocycles. The quantitative estimate of drug-likeness (QED) is 0.340. The van der Waals surface area contributed by atoms with Gasteiger partial charge in [-0.25, -0.2) is 9.59 Å². The van der Waals surface area contributed by atoms with Crippen LogP contribution in [0.5, 0.6) is 0 Å². The van der Waals surface area contributed by atoms with E-state index in [1.807, 2.05) is 49.4 Å². The predicted molar refractivity (Wildman–Crippen MR) is 122 cm³/mol. The van der Waals surface area contributed by atoms with Gasteiger partial charge < -0.3 is 14.1 Å². The fourth-order valence-corrected chi connectivity index (χ4v) is 3.47. The molecule has 0 unspecified atom stereocenters. The minimum atomic E-state index is -0.649. The second-order valence-corrected chi connectivity index (χ2v) is 7.41. The number of fused-ring (bicyclic) bond motifs is 1. The van der Waals surface area contributed by atoms with Crippen LogP contribution in [0.1, 0.15) is 31.8 Å². The smallest absolute Gasteiger partial charge is 0.339 e. The first-order chi connectivity index (χ1) is 15.4. The molecule has 6 nitrogen and oxygen atoms in total. The third-order valence-electron chi connectivity index (χ3n) is 5.17. The molecule has 160 valence electrons. The molecule has 0 aliphatic carbocycles. The SMILES string of the molecule is Cc1ccc2c(COC(=O)c3ccccc3C(=O)N(C)c3ccccc3)cc(=O)oc2c1. The number of para-hydroxylation sites is 1. The van der Waals surface area contributed by atoms with Gasteiger partial charge in [-0.15, -0.1) is 0 Å². The minimum Gasteiger partial charge on any atom is -0.457 e. The summed E-state index contributed by atoms with van der Waals surface area (Å²) >= 11 is 0. The van der Waals surface area contributed by atoms with Crippen molar-refractivity contribution in [1.29, 1.82) is 0 Å². The van der Waals surface area contributed by atoms with Gasteiger partial charge >= 0.3 is 11.6 Å². The average Bonchev–Trinajstić information content (AvgIpc) is 2.81. The summed E-state index contributed by atoms with van der Waals surface area (Å²) in [5.41, 5.74) is 2.50. The molecule has 0 saturated heterocycles. The summed E-state index contributed by atoms with van der Waals surface area (Å²) < 4.78 is 10.7. The maximum absolute atomic E-state index is 13.1. The highest BCUT2D eigenvalue weighted by atomic mass is 16.5. The zero-order chi connectivity index (χ0) is 22.7. The van der Waals surface area contributed by atoms with Gasteiger partial charge in [0.15, 0.2) is 0 Å². The van der Waals surface area contributed by atoms with Gasteiger partial charge in [0, 0.05) is 29.8 Å². The van der Waals surface area contributed by atoms with Gasteiger partial charge in [0.1, 0.15) is 12.2 Å². The molecule has 4 aromatic rings. The Morgan fingerprint density at radius 3 is 2.34 bits per heavy atom. The minimum absolute atomic E-state index is 0.124. The van der Waals surface area contributed by atoms with E-state index in [1.165, 1.54) is 11.0 Å². The number of hydrogen-bond acceptors (Lipinski definition) is 5. The fraction of sp³-hybridized carbons (Fsp3) is 0.115. The molecule has 0 aliphatic rings. The van der Waals surface area contributed by atoms with E-state index >= 15 is 0 Å². The summed E-state index contributed by atoms with van der Waals surface area (Å²) in [5.74, 6) is -0.978. The second-order valence-electron chi connectivity index (χ2n) is 7.41. The summed E-state index contributed by atoms with van der Waals surface area (Å²) in [4.78, 5) is 39.3. The summed E-state index contributed by atoms with van der Waals surface area (Å²) in [5, 5.41) is 0.691. The maximum Gasteiger partial charge on any atom is 0.339 e. The van der Waals surface area contributed by atoms with Crippen molar-refractivity contribution in [2.45, 2.75) is 13.5 Å². The van der Waals surface area contributed by atoms with E-state index in [0.717, 1.165) is 5.56 Å². The normalized spacial score (nSPS) is 10.7. The molecule has 1 amide bonds. The van der Waals surface area contributed by atoms with Crippen molar-refractivity contribution in [1.82, 2.24) is 0 Å². The molecule has 0 aliphatic heterocycles. The van der Waals surface area contributed by atoms with Crippen LogP contribution in [-0.2, 0) is 11.3 Å². The number of nitrogens with zero attached hydrogens (tertiary/aromatic N) is 1. The maximum atomic E-state index is 13.1. The van der Waals surface area contributed by atoms with Crippen LogP contribution in [0.15, 0.2) is 88.1 Å². The Morgan fingerprint density at radius 1 is 0.906 bits per heavy atom. The van der Waals surface area contributed by atoms with E-state index in [-0.39, 0.29) is 23.6 Å². The lowest BCUT2D eigenvalue weighted by Crippen LogP contribution is -2.28. The zero-order valence-corrected chi connectivity index (χ0v) is 17.7. The number of amides is 1. The van der Waals surface area contributed by atoms with Gasteiger partial charge in [-0.1, -0.05) is 42.5 Å². The topological polar surface area (TPSA) is 76.8 Å². The molecule has 0 spiro atoms. The van der Waals surface area contributed by atoms with Crippen LogP contribution in [0.3, 0.4) is 0 Å². The molecule has 0 radical (unpaired) electrons. The highest BCUT2D eigenvalue weighted by molar-refractivity contribution is 6.12. The van der Waals surface area contributed by atoms with Gasteiger partial charge in [0.2, 0.25) is 0 Å². The van der Waals surface area contributed by atoms with Crippen LogP contribution in [0.4, 0.5) is 5.69 Å². The van der Waals surface area contributed by atoms with Crippen molar-refractivity contribution in [3.05, 3.63) is 112 Å². The van der Waals surface area contributed by atoms with E-state index in [0.29, 0.717) is 22.2 Å². The molecule has 3 aromatic carbocycles. The number of ether oxygens (including phenoxy) is 1. The highest BCUT2D eigenvalue weighted by Gasteiger charge is 2.21. The average molecular weight is 427 g/mol. The van der Waals surface area contributed by atoms with Crippen molar-refractivity contribution in [2.24, 2.45) is 0 Å². The van der Waals surface area contributed by atoms with Gasteiger partial charge in [-0.05, 0) is 42.8 Å². The zero-order valence-electron chi connectivity index (χ0n) is 17.7. The Bertz CT molecular complexity index is 1360. The van der Waals surface area contributed by atoms with Crippen molar-refractivity contribution in [3.8, 4) is 0 Å². The van der Waals surface area contributed by atoms with E-state index in [4.69, 9.17) is 9.15 Å². The molecular weight excluding hydrogens is 406 g/mol.